The van der Waals surface area contributed by atoms with Crippen molar-refractivity contribution < 1.29 is 4.79 Å². The Morgan fingerprint density at radius 2 is 1.84 bits per heavy atom. The average molecular weight is 452 g/mol. The van der Waals surface area contributed by atoms with Crippen molar-refractivity contribution >= 4 is 39.9 Å². The van der Waals surface area contributed by atoms with E-state index in [9.17, 15) is 10.1 Å². The van der Waals surface area contributed by atoms with Gasteiger partial charge in [0.1, 0.15) is 0 Å². The summed E-state index contributed by atoms with van der Waals surface area (Å²) in [7, 11) is 2.11. The van der Waals surface area contributed by atoms with E-state index in [1.54, 1.807) is 12.1 Å². The Balaban J connectivity index is 1.65. The molecule has 0 radical (unpaired) electrons. The zero-order valence-electron chi connectivity index (χ0n) is 17.3. The molecule has 4 rings (SSSR count). The number of nitriles is 1. The second-order valence-corrected chi connectivity index (χ2v) is 9.07. The highest BCUT2D eigenvalue weighted by atomic mass is 35.5. The molecule has 1 amide bonds. The van der Waals surface area contributed by atoms with Gasteiger partial charge in [0.15, 0.2) is 0 Å². The maximum absolute atomic E-state index is 13.3. The van der Waals surface area contributed by atoms with Crippen molar-refractivity contribution in [1.29, 1.82) is 5.26 Å². The summed E-state index contributed by atoms with van der Waals surface area (Å²) in [6.45, 7) is 2.36. The van der Waals surface area contributed by atoms with Gasteiger partial charge >= 0.3 is 0 Å². The molecule has 1 fully saturated rings. The molecule has 0 aromatic heterocycles. The molecule has 6 heteroatoms. The van der Waals surface area contributed by atoms with Gasteiger partial charge < -0.3 is 10.2 Å². The number of amides is 1. The molecule has 1 aliphatic rings. The summed E-state index contributed by atoms with van der Waals surface area (Å²) in [5.41, 5.74) is 1.86. The number of benzene rings is 3. The fraction of sp³-hybridized carbons (Fsp3) is 0.280. The highest BCUT2D eigenvalue weighted by molar-refractivity contribution is 6.42. The summed E-state index contributed by atoms with van der Waals surface area (Å²) >= 11 is 12.5. The zero-order chi connectivity index (χ0) is 22.0. The molecule has 1 heterocycles. The van der Waals surface area contributed by atoms with Crippen LogP contribution < -0.4 is 5.32 Å². The van der Waals surface area contributed by atoms with Gasteiger partial charge in [-0.05, 0) is 73.6 Å². The lowest BCUT2D eigenvalue weighted by Gasteiger charge is -2.41. The Bertz CT molecular complexity index is 1180. The van der Waals surface area contributed by atoms with Crippen molar-refractivity contribution in [2.24, 2.45) is 0 Å². The minimum Gasteiger partial charge on any atom is -0.351 e. The van der Waals surface area contributed by atoms with E-state index in [1.807, 2.05) is 42.5 Å². The molecule has 0 spiro atoms. The van der Waals surface area contributed by atoms with Gasteiger partial charge in [-0.2, -0.15) is 5.26 Å². The van der Waals surface area contributed by atoms with Gasteiger partial charge in [0.2, 0.25) is 0 Å². The van der Waals surface area contributed by atoms with Crippen molar-refractivity contribution in [3.63, 3.8) is 0 Å². The molecule has 0 aliphatic carbocycles. The smallest absolute Gasteiger partial charge is 0.251 e. The van der Waals surface area contributed by atoms with Crippen LogP contribution in [0.1, 0.15) is 34.3 Å². The summed E-state index contributed by atoms with van der Waals surface area (Å²) < 4.78 is 0. The summed E-state index contributed by atoms with van der Waals surface area (Å²) in [4.78, 5) is 15.5. The molecular weight excluding hydrogens is 429 g/mol. The van der Waals surface area contributed by atoms with E-state index in [-0.39, 0.29) is 11.3 Å². The van der Waals surface area contributed by atoms with E-state index in [2.05, 4.69) is 23.3 Å². The van der Waals surface area contributed by atoms with Crippen molar-refractivity contribution in [2.45, 2.75) is 18.3 Å². The standard InChI is InChI=1S/C25H23Cl2N3O/c1-30-10-8-25(9-11-30,19-6-7-22(26)23(27)14-19)16-29-24(31)21-13-17(15-28)12-18-4-2-3-5-20(18)21/h2-7,12-14H,8-11,16H2,1H3,(H,29,31). The van der Waals surface area contributed by atoms with Crippen LogP contribution in [0.5, 0.6) is 0 Å². The van der Waals surface area contributed by atoms with Gasteiger partial charge in [-0.25, -0.2) is 0 Å². The maximum Gasteiger partial charge on any atom is 0.251 e. The fourth-order valence-electron chi connectivity index (χ4n) is 4.35. The first-order chi connectivity index (χ1) is 14.9. The number of hydrogen-bond acceptors (Lipinski definition) is 3. The molecule has 1 N–H and O–H groups in total. The first-order valence-electron chi connectivity index (χ1n) is 10.3. The SMILES string of the molecule is CN1CCC(CNC(=O)c2cc(C#N)cc3ccccc23)(c2ccc(Cl)c(Cl)c2)CC1. The Morgan fingerprint density at radius 1 is 1.10 bits per heavy atom. The van der Waals surface area contributed by atoms with Crippen molar-refractivity contribution in [1.82, 2.24) is 10.2 Å². The normalized spacial score (nSPS) is 16.1. The summed E-state index contributed by atoms with van der Waals surface area (Å²) in [5.74, 6) is -0.174. The lowest BCUT2D eigenvalue weighted by atomic mass is 9.72. The lowest BCUT2D eigenvalue weighted by Crippen LogP contribution is -2.48. The van der Waals surface area contributed by atoms with Crippen molar-refractivity contribution in [3.8, 4) is 6.07 Å². The number of likely N-dealkylation sites (tertiary alicyclic amines) is 1. The van der Waals surface area contributed by atoms with Crippen LogP contribution in [0.4, 0.5) is 0 Å². The average Bonchev–Trinajstić information content (AvgIpc) is 2.79. The molecule has 0 atom stereocenters. The number of fused-ring (bicyclic) bond motifs is 1. The maximum atomic E-state index is 13.3. The Labute approximate surface area is 192 Å². The first kappa shape index (κ1) is 21.6. The fourth-order valence-corrected chi connectivity index (χ4v) is 4.65. The number of halogens is 2. The van der Waals surface area contributed by atoms with Gasteiger partial charge in [-0.1, -0.05) is 53.5 Å². The number of nitrogens with one attached hydrogen (secondary N) is 1. The van der Waals surface area contributed by atoms with Crippen LogP contribution in [0.25, 0.3) is 10.8 Å². The summed E-state index contributed by atoms with van der Waals surface area (Å²) in [6, 6.07) is 19.0. The Morgan fingerprint density at radius 3 is 2.55 bits per heavy atom. The number of carbonyl (C=O) groups is 1. The highest BCUT2D eigenvalue weighted by Crippen LogP contribution is 2.37. The van der Waals surface area contributed by atoms with Crippen LogP contribution in [-0.2, 0) is 5.41 Å². The molecule has 1 aliphatic heterocycles. The van der Waals surface area contributed by atoms with Crippen LogP contribution in [0, 0.1) is 11.3 Å². The number of rotatable bonds is 4. The molecule has 0 bridgehead atoms. The largest absolute Gasteiger partial charge is 0.351 e. The van der Waals surface area contributed by atoms with Crippen LogP contribution in [0.3, 0.4) is 0 Å². The molecule has 1 saturated heterocycles. The Hall–Kier alpha value is -2.58. The zero-order valence-corrected chi connectivity index (χ0v) is 18.8. The van der Waals surface area contributed by atoms with E-state index in [1.165, 1.54) is 0 Å². The van der Waals surface area contributed by atoms with E-state index in [4.69, 9.17) is 23.2 Å². The number of carbonyl (C=O) groups excluding carboxylic acids is 1. The Kier molecular flexibility index (Phi) is 6.20. The van der Waals surface area contributed by atoms with Gasteiger partial charge in [-0.15, -0.1) is 0 Å². The molecule has 0 saturated carbocycles. The molecule has 0 unspecified atom stereocenters. The summed E-state index contributed by atoms with van der Waals surface area (Å²) in [5, 5.41) is 15.3. The number of hydrogen-bond donors (Lipinski definition) is 1. The predicted molar refractivity (Wildman–Crippen MR) is 126 cm³/mol. The second-order valence-electron chi connectivity index (χ2n) is 8.25. The van der Waals surface area contributed by atoms with Crippen molar-refractivity contribution in [3.05, 3.63) is 81.3 Å². The monoisotopic (exact) mass is 451 g/mol. The van der Waals surface area contributed by atoms with Gasteiger partial charge in [-0.3, -0.25) is 4.79 Å². The van der Waals surface area contributed by atoms with Crippen molar-refractivity contribution in [2.75, 3.05) is 26.7 Å². The molecule has 158 valence electrons. The lowest BCUT2D eigenvalue weighted by molar-refractivity contribution is 0.0929. The minimum atomic E-state index is -0.223. The highest BCUT2D eigenvalue weighted by Gasteiger charge is 2.36. The van der Waals surface area contributed by atoms with Crippen LogP contribution >= 0.6 is 23.2 Å². The predicted octanol–water partition coefficient (Wildman–Crippen LogP) is 5.41. The third-order valence-corrected chi connectivity index (χ3v) is 7.04. The molecule has 31 heavy (non-hydrogen) atoms. The van der Waals surface area contributed by atoms with E-state index >= 15 is 0 Å². The second kappa shape index (κ2) is 8.88. The number of nitrogens with zero attached hydrogens (tertiary/aromatic N) is 2. The minimum absolute atomic E-state index is 0.174. The molecule has 3 aromatic carbocycles. The topological polar surface area (TPSA) is 56.1 Å². The first-order valence-corrected chi connectivity index (χ1v) is 11.0. The van der Waals surface area contributed by atoms with Crippen LogP contribution in [0.2, 0.25) is 10.0 Å². The third kappa shape index (κ3) is 4.41. The van der Waals surface area contributed by atoms with E-state index in [0.29, 0.717) is 27.7 Å². The van der Waals surface area contributed by atoms with Gasteiger partial charge in [0.25, 0.3) is 5.91 Å². The van der Waals surface area contributed by atoms with Gasteiger partial charge in [0, 0.05) is 17.5 Å². The molecular formula is C25H23Cl2N3O. The van der Waals surface area contributed by atoms with Crippen LogP contribution in [0.15, 0.2) is 54.6 Å². The molecule has 4 nitrogen and oxygen atoms in total. The van der Waals surface area contributed by atoms with E-state index in [0.717, 1.165) is 42.3 Å². The summed E-state index contributed by atoms with van der Waals surface area (Å²) in [6.07, 6.45) is 1.81. The van der Waals surface area contributed by atoms with Crippen LogP contribution in [-0.4, -0.2) is 37.5 Å². The quantitative estimate of drug-likeness (QED) is 0.576. The third-order valence-electron chi connectivity index (χ3n) is 6.30. The number of piperidine rings is 1. The van der Waals surface area contributed by atoms with Gasteiger partial charge in [0.05, 0.1) is 21.7 Å². The van der Waals surface area contributed by atoms with E-state index < -0.39 is 0 Å². The molecule has 3 aromatic rings.